The number of nitrogens with zero attached hydrogens (tertiary/aromatic N) is 1. The molecule has 0 radical (unpaired) electrons. The van der Waals surface area contributed by atoms with Crippen molar-refractivity contribution in [3.05, 3.63) is 22.7 Å². The van der Waals surface area contributed by atoms with Gasteiger partial charge >= 0.3 is 5.97 Å². The number of nitrogen functional groups attached to an aromatic ring is 1. The van der Waals surface area contributed by atoms with Crippen LogP contribution >= 0.6 is 11.6 Å². The largest absolute Gasteiger partial charge is 0.469 e. The molecule has 0 heterocycles. The Morgan fingerprint density at radius 2 is 2.05 bits per heavy atom. The summed E-state index contributed by atoms with van der Waals surface area (Å²) in [7, 11) is -1.13. The average Bonchev–Trinajstić information content (AvgIpc) is 2.39. The number of esters is 1. The Kier molecular flexibility index (Phi) is 5.38. The zero-order valence-corrected chi connectivity index (χ0v) is 13.1. The van der Waals surface area contributed by atoms with Crippen molar-refractivity contribution < 1.29 is 17.9 Å². The third-order valence-corrected chi connectivity index (χ3v) is 5.11. The number of ether oxygens (including phenoxy) is 1. The van der Waals surface area contributed by atoms with Crippen LogP contribution in [0.4, 0.5) is 5.69 Å². The van der Waals surface area contributed by atoms with Crippen LogP contribution < -0.4 is 5.73 Å². The summed E-state index contributed by atoms with van der Waals surface area (Å²) in [4.78, 5) is 11.1. The highest BCUT2D eigenvalue weighted by Gasteiger charge is 2.24. The minimum absolute atomic E-state index is 0.0147. The van der Waals surface area contributed by atoms with Crippen molar-refractivity contribution in [2.75, 3.05) is 26.4 Å². The highest BCUT2D eigenvalue weighted by molar-refractivity contribution is 7.89. The number of hydrogen-bond donors (Lipinski definition) is 1. The van der Waals surface area contributed by atoms with Crippen LogP contribution in [0.2, 0.25) is 5.02 Å². The number of nitrogens with two attached hydrogens (primary N) is 1. The molecule has 2 N–H and O–H groups in total. The van der Waals surface area contributed by atoms with Crippen LogP contribution in [0.15, 0.2) is 17.0 Å². The van der Waals surface area contributed by atoms with Crippen molar-refractivity contribution >= 4 is 33.3 Å². The number of benzene rings is 1. The topological polar surface area (TPSA) is 89.7 Å². The Hall–Kier alpha value is -1.31. The molecule has 0 saturated heterocycles. The summed E-state index contributed by atoms with van der Waals surface area (Å²) < 4.78 is 30.4. The zero-order valence-electron chi connectivity index (χ0n) is 11.5. The van der Waals surface area contributed by atoms with Crippen molar-refractivity contribution in [3.8, 4) is 0 Å². The van der Waals surface area contributed by atoms with Gasteiger partial charge in [-0.25, -0.2) is 12.7 Å². The summed E-state index contributed by atoms with van der Waals surface area (Å²) >= 11 is 5.85. The summed E-state index contributed by atoms with van der Waals surface area (Å²) in [6, 6.07) is 2.83. The Bertz CT molecular complexity index is 616. The van der Waals surface area contributed by atoms with Crippen LogP contribution in [0.3, 0.4) is 0 Å². The van der Waals surface area contributed by atoms with E-state index in [9.17, 15) is 13.2 Å². The van der Waals surface area contributed by atoms with Gasteiger partial charge in [-0.2, -0.15) is 0 Å². The van der Waals surface area contributed by atoms with Crippen molar-refractivity contribution in [3.63, 3.8) is 0 Å². The number of hydrogen-bond acceptors (Lipinski definition) is 5. The lowest BCUT2D eigenvalue weighted by atomic mass is 10.2. The second-order valence-electron chi connectivity index (χ2n) is 4.27. The molecule has 20 heavy (non-hydrogen) atoms. The first kappa shape index (κ1) is 16.7. The Morgan fingerprint density at radius 1 is 1.45 bits per heavy atom. The van der Waals surface area contributed by atoms with Crippen LogP contribution in [0.5, 0.6) is 0 Å². The van der Waals surface area contributed by atoms with E-state index < -0.39 is 16.0 Å². The van der Waals surface area contributed by atoms with E-state index in [1.165, 1.54) is 26.3 Å². The average molecular weight is 321 g/mol. The van der Waals surface area contributed by atoms with Gasteiger partial charge in [-0.1, -0.05) is 11.6 Å². The maximum Gasteiger partial charge on any atom is 0.306 e. The highest BCUT2D eigenvalue weighted by atomic mass is 35.5. The molecular weight excluding hydrogens is 304 g/mol. The van der Waals surface area contributed by atoms with Crippen molar-refractivity contribution in [2.24, 2.45) is 0 Å². The summed E-state index contributed by atoms with van der Waals surface area (Å²) in [6.45, 7) is 1.62. The maximum atomic E-state index is 12.4. The van der Waals surface area contributed by atoms with Gasteiger partial charge in [0.05, 0.1) is 18.4 Å². The minimum atomic E-state index is -3.76. The Balaban J connectivity index is 3.08. The van der Waals surface area contributed by atoms with E-state index >= 15 is 0 Å². The number of halogens is 1. The number of rotatable bonds is 5. The van der Waals surface area contributed by atoms with Gasteiger partial charge in [-0.3, -0.25) is 4.79 Å². The molecule has 8 heteroatoms. The minimum Gasteiger partial charge on any atom is -0.469 e. The third kappa shape index (κ3) is 3.62. The fourth-order valence-electron chi connectivity index (χ4n) is 1.58. The summed E-state index contributed by atoms with van der Waals surface area (Å²) in [6.07, 6.45) is -0.0265. The van der Waals surface area contributed by atoms with Gasteiger partial charge in [0, 0.05) is 24.3 Å². The molecule has 0 aliphatic rings. The molecule has 112 valence electrons. The fraction of sp³-hybridized carbons (Fsp3) is 0.417. The predicted octanol–water partition coefficient (Wildman–Crippen LogP) is 1.41. The lowest BCUT2D eigenvalue weighted by Gasteiger charge is -2.19. The van der Waals surface area contributed by atoms with Gasteiger partial charge in [0.1, 0.15) is 0 Å². The number of methoxy groups -OCH3 is 1. The van der Waals surface area contributed by atoms with Gasteiger partial charge in [-0.15, -0.1) is 0 Å². The first-order valence-electron chi connectivity index (χ1n) is 5.79. The maximum absolute atomic E-state index is 12.4. The molecule has 0 amide bonds. The summed E-state index contributed by atoms with van der Waals surface area (Å²) in [5.41, 5.74) is 6.45. The number of carbonyl (C=O) groups is 1. The monoisotopic (exact) mass is 320 g/mol. The second kappa shape index (κ2) is 6.43. The Morgan fingerprint density at radius 3 is 2.60 bits per heavy atom. The molecule has 0 aromatic heterocycles. The van der Waals surface area contributed by atoms with Gasteiger partial charge in [0.15, 0.2) is 0 Å². The number of carbonyl (C=O) groups excluding carboxylic acids is 1. The van der Waals surface area contributed by atoms with Gasteiger partial charge < -0.3 is 10.5 Å². The van der Waals surface area contributed by atoms with Gasteiger partial charge in [0.2, 0.25) is 10.0 Å². The molecule has 1 aromatic rings. The first-order valence-corrected chi connectivity index (χ1v) is 7.60. The predicted molar refractivity (Wildman–Crippen MR) is 77.1 cm³/mol. The van der Waals surface area contributed by atoms with E-state index in [1.54, 1.807) is 6.92 Å². The quantitative estimate of drug-likeness (QED) is 0.654. The molecular formula is C12H17ClN2O4S. The molecule has 0 atom stereocenters. The SMILES string of the molecule is COC(=O)CCN(C)S(=O)(=O)c1cc(Cl)cc(N)c1C. The van der Waals surface area contributed by atoms with Crippen LogP contribution in [0.25, 0.3) is 0 Å². The van der Waals surface area contributed by atoms with E-state index in [-0.39, 0.29) is 22.9 Å². The van der Waals surface area contributed by atoms with Crippen molar-refractivity contribution in [1.82, 2.24) is 4.31 Å². The molecule has 0 spiro atoms. The Labute approximate surface area is 123 Å². The molecule has 0 aliphatic heterocycles. The number of sulfonamides is 1. The van der Waals surface area contributed by atoms with Crippen LogP contribution in [0, 0.1) is 6.92 Å². The smallest absolute Gasteiger partial charge is 0.306 e. The molecule has 0 saturated carbocycles. The van der Waals surface area contributed by atoms with Crippen molar-refractivity contribution in [2.45, 2.75) is 18.2 Å². The van der Waals surface area contributed by atoms with E-state index in [0.29, 0.717) is 11.3 Å². The van der Waals surface area contributed by atoms with Crippen LogP contribution in [0.1, 0.15) is 12.0 Å². The van der Waals surface area contributed by atoms with Crippen LogP contribution in [-0.4, -0.2) is 39.4 Å². The first-order chi connectivity index (χ1) is 9.20. The van der Waals surface area contributed by atoms with E-state index in [1.807, 2.05) is 0 Å². The second-order valence-corrected chi connectivity index (χ2v) is 6.72. The molecule has 6 nitrogen and oxygen atoms in total. The summed E-state index contributed by atoms with van der Waals surface area (Å²) in [5.74, 6) is -0.477. The van der Waals surface area contributed by atoms with E-state index in [2.05, 4.69) is 4.74 Å². The fourth-order valence-corrected chi connectivity index (χ4v) is 3.32. The van der Waals surface area contributed by atoms with E-state index in [0.717, 1.165) is 4.31 Å². The molecule has 0 bridgehead atoms. The third-order valence-electron chi connectivity index (χ3n) is 2.91. The van der Waals surface area contributed by atoms with Crippen LogP contribution in [-0.2, 0) is 19.6 Å². The molecule has 1 aromatic carbocycles. The van der Waals surface area contributed by atoms with Gasteiger partial charge in [0.25, 0.3) is 0 Å². The molecule has 0 fully saturated rings. The standard InChI is InChI=1S/C12H17ClN2O4S/c1-8-10(14)6-9(13)7-11(8)20(17,18)15(2)5-4-12(16)19-3/h6-7H,4-5,14H2,1-3H3. The lowest BCUT2D eigenvalue weighted by Crippen LogP contribution is -2.30. The highest BCUT2D eigenvalue weighted by Crippen LogP contribution is 2.27. The number of anilines is 1. The molecule has 0 unspecified atom stereocenters. The molecule has 0 aliphatic carbocycles. The lowest BCUT2D eigenvalue weighted by molar-refractivity contribution is -0.140. The zero-order chi connectivity index (χ0) is 15.5. The van der Waals surface area contributed by atoms with Gasteiger partial charge in [-0.05, 0) is 24.6 Å². The molecule has 1 rings (SSSR count). The summed E-state index contributed by atoms with van der Waals surface area (Å²) in [5, 5.41) is 0.244. The van der Waals surface area contributed by atoms with Crippen molar-refractivity contribution in [1.29, 1.82) is 0 Å². The van der Waals surface area contributed by atoms with E-state index in [4.69, 9.17) is 17.3 Å². The normalized spacial score (nSPS) is 11.7.